The Morgan fingerprint density at radius 1 is 1.40 bits per heavy atom. The zero-order chi connectivity index (χ0) is 14.9. The van der Waals surface area contributed by atoms with Crippen LogP contribution >= 0.6 is 27.3 Å². The molecular formula is C13H21BrN2O2S2. The third kappa shape index (κ3) is 3.27. The van der Waals surface area contributed by atoms with Gasteiger partial charge in [-0.15, -0.1) is 11.3 Å². The Bertz CT molecular complexity index is 563. The monoisotopic (exact) mass is 380 g/mol. The second-order valence-corrected chi connectivity index (χ2v) is 9.91. The van der Waals surface area contributed by atoms with Crippen LogP contribution in [-0.4, -0.2) is 25.8 Å². The fourth-order valence-corrected chi connectivity index (χ4v) is 6.56. The smallest absolute Gasteiger partial charge is 0.245 e. The van der Waals surface area contributed by atoms with E-state index in [1.165, 1.54) is 11.3 Å². The summed E-state index contributed by atoms with van der Waals surface area (Å²) in [6.45, 7) is 2.59. The Morgan fingerprint density at radius 2 is 2.00 bits per heavy atom. The summed E-state index contributed by atoms with van der Waals surface area (Å²) in [7, 11) is -1.74. The van der Waals surface area contributed by atoms with Crippen LogP contribution in [0.3, 0.4) is 0 Å². The summed E-state index contributed by atoms with van der Waals surface area (Å²) in [4.78, 5) is 1.23. The minimum Gasteiger partial charge on any atom is -0.326 e. The fourth-order valence-electron chi connectivity index (χ4n) is 2.63. The molecule has 0 atom stereocenters. The Morgan fingerprint density at radius 3 is 2.50 bits per heavy atom. The molecule has 1 fully saturated rings. The molecule has 0 saturated heterocycles. The third-order valence-electron chi connectivity index (χ3n) is 4.06. The van der Waals surface area contributed by atoms with Gasteiger partial charge in [0, 0.05) is 24.5 Å². The Balaban J connectivity index is 2.22. The number of nitrogens with zero attached hydrogens (tertiary/aromatic N) is 1. The van der Waals surface area contributed by atoms with Crippen molar-refractivity contribution in [3.05, 3.63) is 14.7 Å². The number of rotatable bonds is 4. The number of halogens is 1. The number of nitrogens with two attached hydrogens (primary N) is 1. The minimum absolute atomic E-state index is 0.115. The molecule has 0 spiro atoms. The van der Waals surface area contributed by atoms with Crippen LogP contribution in [0.25, 0.3) is 0 Å². The average molecular weight is 381 g/mol. The van der Waals surface area contributed by atoms with Crippen LogP contribution in [0.5, 0.6) is 0 Å². The second kappa shape index (κ2) is 6.44. The van der Waals surface area contributed by atoms with Crippen molar-refractivity contribution in [2.75, 3.05) is 7.05 Å². The minimum atomic E-state index is -3.43. The van der Waals surface area contributed by atoms with Crippen LogP contribution in [0.2, 0.25) is 0 Å². The molecule has 4 nitrogen and oxygen atoms in total. The SMILES string of the molecule is CC1CCC(N(C)S(=O)(=O)c2cc(CN)sc2Br)CC1. The van der Waals surface area contributed by atoms with Gasteiger partial charge in [-0.25, -0.2) is 8.42 Å². The van der Waals surface area contributed by atoms with Crippen LogP contribution in [0.1, 0.15) is 37.5 Å². The largest absolute Gasteiger partial charge is 0.326 e. The lowest BCUT2D eigenvalue weighted by molar-refractivity contribution is 0.246. The highest BCUT2D eigenvalue weighted by Gasteiger charge is 2.32. The molecule has 1 aromatic heterocycles. The number of sulfonamides is 1. The van der Waals surface area contributed by atoms with Gasteiger partial charge in [-0.2, -0.15) is 4.31 Å². The lowest BCUT2D eigenvalue weighted by Crippen LogP contribution is -2.39. The molecular weight excluding hydrogens is 360 g/mol. The topological polar surface area (TPSA) is 63.4 Å². The van der Waals surface area contributed by atoms with Crippen molar-refractivity contribution in [2.24, 2.45) is 11.7 Å². The zero-order valence-electron chi connectivity index (χ0n) is 11.8. The van der Waals surface area contributed by atoms with E-state index in [-0.39, 0.29) is 6.04 Å². The van der Waals surface area contributed by atoms with E-state index >= 15 is 0 Å². The first-order valence-corrected chi connectivity index (χ1v) is 9.87. The summed E-state index contributed by atoms with van der Waals surface area (Å²) in [5, 5.41) is 0. The average Bonchev–Trinajstić information content (AvgIpc) is 2.81. The number of hydrogen-bond acceptors (Lipinski definition) is 4. The van der Waals surface area contributed by atoms with E-state index in [0.29, 0.717) is 21.1 Å². The summed E-state index contributed by atoms with van der Waals surface area (Å²) in [5.74, 6) is 0.707. The highest BCUT2D eigenvalue weighted by Crippen LogP contribution is 2.35. The summed E-state index contributed by atoms with van der Waals surface area (Å²) >= 11 is 4.74. The molecule has 1 aliphatic carbocycles. The van der Waals surface area contributed by atoms with Gasteiger partial charge >= 0.3 is 0 Å². The maximum atomic E-state index is 12.7. The van der Waals surface area contributed by atoms with Crippen LogP contribution in [0.4, 0.5) is 0 Å². The van der Waals surface area contributed by atoms with E-state index in [2.05, 4.69) is 22.9 Å². The molecule has 1 heterocycles. The second-order valence-electron chi connectivity index (χ2n) is 5.49. The molecule has 0 bridgehead atoms. The van der Waals surface area contributed by atoms with Crippen LogP contribution in [0, 0.1) is 5.92 Å². The maximum absolute atomic E-state index is 12.7. The molecule has 1 saturated carbocycles. The highest BCUT2D eigenvalue weighted by atomic mass is 79.9. The normalized spacial score (nSPS) is 24.2. The standard InChI is InChI=1S/C13H21BrN2O2S2/c1-9-3-5-10(6-4-9)16(2)20(17,18)12-7-11(8-15)19-13(12)14/h7,9-10H,3-6,8,15H2,1-2H3. The maximum Gasteiger partial charge on any atom is 0.245 e. The van der Waals surface area contributed by atoms with Gasteiger partial charge in [-0.3, -0.25) is 0 Å². The Labute approximate surface area is 133 Å². The molecule has 1 aromatic rings. The quantitative estimate of drug-likeness (QED) is 0.871. The van der Waals surface area contributed by atoms with Gasteiger partial charge in [-0.1, -0.05) is 6.92 Å². The lowest BCUT2D eigenvalue weighted by atomic mass is 9.87. The molecule has 0 amide bonds. The van der Waals surface area contributed by atoms with Crippen molar-refractivity contribution < 1.29 is 8.42 Å². The third-order valence-corrected chi connectivity index (χ3v) is 8.25. The molecule has 0 unspecified atom stereocenters. The van der Waals surface area contributed by atoms with E-state index in [9.17, 15) is 8.42 Å². The molecule has 0 radical (unpaired) electrons. The van der Waals surface area contributed by atoms with Crippen LogP contribution in [0.15, 0.2) is 14.7 Å². The van der Waals surface area contributed by atoms with Gasteiger partial charge < -0.3 is 5.73 Å². The number of thiophene rings is 1. The van der Waals surface area contributed by atoms with Gasteiger partial charge in [0.25, 0.3) is 0 Å². The summed E-state index contributed by atoms with van der Waals surface area (Å²) < 4.78 is 27.6. The fraction of sp³-hybridized carbons (Fsp3) is 0.692. The van der Waals surface area contributed by atoms with Crippen molar-refractivity contribution in [1.82, 2.24) is 4.31 Å². The summed E-state index contributed by atoms with van der Waals surface area (Å²) in [5.41, 5.74) is 5.59. The van der Waals surface area contributed by atoms with Crippen LogP contribution < -0.4 is 5.73 Å². The molecule has 0 aliphatic heterocycles. The predicted molar refractivity (Wildman–Crippen MR) is 86.3 cm³/mol. The van der Waals surface area contributed by atoms with Gasteiger partial charge in [0.05, 0.1) is 3.79 Å². The first-order valence-electron chi connectivity index (χ1n) is 6.82. The van der Waals surface area contributed by atoms with E-state index in [4.69, 9.17) is 5.73 Å². The van der Waals surface area contributed by atoms with Crippen LogP contribution in [-0.2, 0) is 16.6 Å². The predicted octanol–water partition coefficient (Wildman–Crippen LogP) is 3.17. The van der Waals surface area contributed by atoms with E-state index in [0.717, 1.165) is 30.6 Å². The van der Waals surface area contributed by atoms with Gasteiger partial charge in [0.1, 0.15) is 4.90 Å². The summed E-state index contributed by atoms with van der Waals surface area (Å²) in [6.07, 6.45) is 4.09. The van der Waals surface area contributed by atoms with E-state index in [1.54, 1.807) is 17.4 Å². The van der Waals surface area contributed by atoms with Gasteiger partial charge in [-0.05, 0) is 53.6 Å². The molecule has 114 valence electrons. The van der Waals surface area contributed by atoms with E-state index in [1.807, 2.05) is 0 Å². The summed E-state index contributed by atoms with van der Waals surface area (Å²) in [6, 6.07) is 1.80. The van der Waals surface area contributed by atoms with Crippen molar-refractivity contribution >= 4 is 37.3 Å². The zero-order valence-corrected chi connectivity index (χ0v) is 15.0. The van der Waals surface area contributed by atoms with Crippen molar-refractivity contribution in [3.8, 4) is 0 Å². The molecule has 2 N–H and O–H groups in total. The first kappa shape index (κ1) is 16.4. The number of hydrogen-bond donors (Lipinski definition) is 1. The van der Waals surface area contributed by atoms with Crippen molar-refractivity contribution in [2.45, 2.75) is 50.1 Å². The first-order chi connectivity index (χ1) is 9.36. The molecule has 7 heteroatoms. The Hall–Kier alpha value is 0.0500. The molecule has 20 heavy (non-hydrogen) atoms. The molecule has 0 aromatic carbocycles. The van der Waals surface area contributed by atoms with Gasteiger partial charge in [0.2, 0.25) is 10.0 Å². The highest BCUT2D eigenvalue weighted by molar-refractivity contribution is 9.11. The van der Waals surface area contributed by atoms with Crippen molar-refractivity contribution in [1.29, 1.82) is 0 Å². The molecule has 2 rings (SSSR count). The lowest BCUT2D eigenvalue weighted by Gasteiger charge is -2.32. The Kier molecular flexibility index (Phi) is 5.29. The van der Waals surface area contributed by atoms with Gasteiger partial charge in [0.15, 0.2) is 0 Å². The van der Waals surface area contributed by atoms with Crippen molar-refractivity contribution in [3.63, 3.8) is 0 Å². The van der Waals surface area contributed by atoms with E-state index < -0.39 is 10.0 Å². The molecule has 1 aliphatic rings.